The number of thioether (sulfide) groups is 1. The quantitative estimate of drug-likeness (QED) is 0.613. The summed E-state index contributed by atoms with van der Waals surface area (Å²) in [4.78, 5) is 14.6. The molecule has 1 unspecified atom stereocenters. The van der Waals surface area contributed by atoms with Gasteiger partial charge in [0.05, 0.1) is 23.6 Å². The SMILES string of the molecule is Cc1occc1-c1nnc(SCC(=O)N(C)C2CCCc3ccccc32)o1. The van der Waals surface area contributed by atoms with Gasteiger partial charge in [0.15, 0.2) is 0 Å². The lowest BCUT2D eigenvalue weighted by molar-refractivity contribution is -0.129. The lowest BCUT2D eigenvalue weighted by atomic mass is 9.87. The van der Waals surface area contributed by atoms with Crippen LogP contribution in [0.3, 0.4) is 0 Å². The molecule has 27 heavy (non-hydrogen) atoms. The minimum atomic E-state index is 0.0564. The van der Waals surface area contributed by atoms with Crippen molar-refractivity contribution >= 4 is 17.7 Å². The van der Waals surface area contributed by atoms with Gasteiger partial charge in [-0.25, -0.2) is 0 Å². The maximum Gasteiger partial charge on any atom is 0.277 e. The van der Waals surface area contributed by atoms with Crippen molar-refractivity contribution in [1.29, 1.82) is 0 Å². The van der Waals surface area contributed by atoms with Gasteiger partial charge in [-0.2, -0.15) is 0 Å². The van der Waals surface area contributed by atoms with E-state index in [-0.39, 0.29) is 17.7 Å². The molecule has 0 N–H and O–H groups in total. The van der Waals surface area contributed by atoms with E-state index < -0.39 is 0 Å². The van der Waals surface area contributed by atoms with E-state index in [1.165, 1.54) is 22.9 Å². The Bertz CT molecular complexity index is 949. The van der Waals surface area contributed by atoms with Gasteiger partial charge in [0, 0.05) is 7.05 Å². The molecule has 0 saturated heterocycles. The number of aromatic nitrogens is 2. The van der Waals surface area contributed by atoms with E-state index >= 15 is 0 Å². The van der Waals surface area contributed by atoms with Crippen LogP contribution in [0.2, 0.25) is 0 Å². The first kappa shape index (κ1) is 17.9. The van der Waals surface area contributed by atoms with Crippen LogP contribution in [0.4, 0.5) is 0 Å². The summed E-state index contributed by atoms with van der Waals surface area (Å²) in [5.74, 6) is 1.45. The lowest BCUT2D eigenvalue weighted by Crippen LogP contribution is -2.34. The third-order valence-corrected chi connectivity index (χ3v) is 5.82. The zero-order valence-electron chi connectivity index (χ0n) is 15.3. The van der Waals surface area contributed by atoms with E-state index in [0.29, 0.717) is 11.1 Å². The molecule has 4 rings (SSSR count). The summed E-state index contributed by atoms with van der Waals surface area (Å²) >= 11 is 1.26. The molecular weight excluding hydrogens is 362 g/mol. The van der Waals surface area contributed by atoms with Gasteiger partial charge in [0.2, 0.25) is 5.91 Å². The Hall–Kier alpha value is -2.54. The Morgan fingerprint density at radius 3 is 2.96 bits per heavy atom. The molecule has 0 saturated carbocycles. The fraction of sp³-hybridized carbons (Fsp3) is 0.350. The van der Waals surface area contributed by atoms with Crippen LogP contribution in [-0.4, -0.2) is 33.8 Å². The van der Waals surface area contributed by atoms with Crippen molar-refractivity contribution in [3.8, 4) is 11.5 Å². The zero-order chi connectivity index (χ0) is 18.8. The molecule has 1 amide bonds. The summed E-state index contributed by atoms with van der Waals surface area (Å²) in [5, 5.41) is 8.45. The predicted octanol–water partition coefficient (Wildman–Crippen LogP) is 4.27. The first-order valence-electron chi connectivity index (χ1n) is 8.97. The van der Waals surface area contributed by atoms with Gasteiger partial charge >= 0.3 is 0 Å². The van der Waals surface area contributed by atoms with E-state index in [1.54, 1.807) is 12.3 Å². The number of rotatable bonds is 5. The fourth-order valence-corrected chi connectivity index (χ4v) is 4.20. The van der Waals surface area contributed by atoms with Crippen LogP contribution in [0.25, 0.3) is 11.5 Å². The molecule has 1 aromatic carbocycles. The first-order chi connectivity index (χ1) is 13.1. The van der Waals surface area contributed by atoms with Crippen molar-refractivity contribution in [3.05, 3.63) is 53.5 Å². The van der Waals surface area contributed by atoms with Crippen LogP contribution in [0.1, 0.15) is 35.8 Å². The van der Waals surface area contributed by atoms with Gasteiger partial charge in [-0.1, -0.05) is 36.0 Å². The van der Waals surface area contributed by atoms with Crippen molar-refractivity contribution in [1.82, 2.24) is 15.1 Å². The molecule has 0 spiro atoms. The zero-order valence-corrected chi connectivity index (χ0v) is 16.2. The smallest absolute Gasteiger partial charge is 0.277 e. The van der Waals surface area contributed by atoms with Gasteiger partial charge in [0.1, 0.15) is 5.76 Å². The fourth-order valence-electron chi connectivity index (χ4n) is 3.51. The molecule has 1 aliphatic rings. The first-order valence-corrected chi connectivity index (χ1v) is 9.96. The highest BCUT2D eigenvalue weighted by Gasteiger charge is 2.26. The molecule has 140 valence electrons. The number of benzene rings is 1. The van der Waals surface area contributed by atoms with Gasteiger partial charge in [-0.15, -0.1) is 10.2 Å². The Morgan fingerprint density at radius 2 is 2.15 bits per heavy atom. The molecule has 3 aromatic rings. The van der Waals surface area contributed by atoms with Crippen LogP contribution in [0.15, 0.2) is 50.7 Å². The van der Waals surface area contributed by atoms with Crippen LogP contribution < -0.4 is 0 Å². The van der Waals surface area contributed by atoms with Crippen LogP contribution in [-0.2, 0) is 11.2 Å². The highest BCUT2D eigenvalue weighted by atomic mass is 32.2. The number of hydrogen-bond acceptors (Lipinski definition) is 6. The molecular formula is C20H21N3O3S. The highest BCUT2D eigenvalue weighted by molar-refractivity contribution is 7.99. The minimum absolute atomic E-state index is 0.0564. The van der Waals surface area contributed by atoms with Gasteiger partial charge < -0.3 is 13.7 Å². The molecule has 2 heterocycles. The number of nitrogens with zero attached hydrogens (tertiary/aromatic N) is 3. The normalized spacial score (nSPS) is 16.1. The number of hydrogen-bond donors (Lipinski definition) is 0. The summed E-state index contributed by atoms with van der Waals surface area (Å²) in [5.41, 5.74) is 3.38. The summed E-state index contributed by atoms with van der Waals surface area (Å²) in [6, 6.07) is 10.3. The monoisotopic (exact) mass is 383 g/mol. The van der Waals surface area contributed by atoms with Gasteiger partial charge in [0.25, 0.3) is 11.1 Å². The second-order valence-corrected chi connectivity index (χ2v) is 7.59. The van der Waals surface area contributed by atoms with Crippen molar-refractivity contribution < 1.29 is 13.6 Å². The standard InChI is InChI=1S/C20H21N3O3S/c1-13-15(10-11-25-13)19-21-22-20(26-19)27-12-18(24)23(2)17-9-5-7-14-6-3-4-8-16(14)17/h3-4,6,8,10-11,17H,5,7,9,12H2,1-2H3. The van der Waals surface area contributed by atoms with Crippen molar-refractivity contribution in [3.63, 3.8) is 0 Å². The Kier molecular flexibility index (Phi) is 5.03. The van der Waals surface area contributed by atoms with Crippen LogP contribution >= 0.6 is 11.8 Å². The average Bonchev–Trinajstić information content (AvgIpc) is 3.33. The summed E-state index contributed by atoms with van der Waals surface area (Å²) < 4.78 is 10.9. The average molecular weight is 383 g/mol. The van der Waals surface area contributed by atoms with Crippen LogP contribution in [0, 0.1) is 6.92 Å². The third kappa shape index (κ3) is 3.64. The van der Waals surface area contributed by atoms with Gasteiger partial charge in [-0.05, 0) is 43.4 Å². The van der Waals surface area contributed by atoms with E-state index in [4.69, 9.17) is 8.83 Å². The van der Waals surface area contributed by atoms with Crippen molar-refractivity contribution in [2.24, 2.45) is 0 Å². The number of carbonyl (C=O) groups is 1. The molecule has 0 bridgehead atoms. The molecule has 0 radical (unpaired) electrons. The minimum Gasteiger partial charge on any atom is -0.469 e. The molecule has 0 aliphatic heterocycles. The predicted molar refractivity (Wildman–Crippen MR) is 102 cm³/mol. The topological polar surface area (TPSA) is 72.4 Å². The third-order valence-electron chi connectivity index (χ3n) is 5.01. The number of furan rings is 1. The molecule has 0 fully saturated rings. The van der Waals surface area contributed by atoms with E-state index in [9.17, 15) is 4.79 Å². The van der Waals surface area contributed by atoms with E-state index in [1.807, 2.05) is 24.9 Å². The summed E-state index contributed by atoms with van der Waals surface area (Å²) in [7, 11) is 1.88. The maximum absolute atomic E-state index is 12.7. The van der Waals surface area contributed by atoms with Crippen LogP contribution in [0.5, 0.6) is 0 Å². The second kappa shape index (κ2) is 7.60. The Morgan fingerprint density at radius 1 is 1.30 bits per heavy atom. The number of fused-ring (bicyclic) bond motifs is 1. The van der Waals surface area contributed by atoms with Crippen molar-refractivity contribution in [2.75, 3.05) is 12.8 Å². The molecule has 1 atom stereocenters. The largest absolute Gasteiger partial charge is 0.469 e. The summed E-state index contributed by atoms with van der Waals surface area (Å²) in [6.07, 6.45) is 4.77. The molecule has 7 heteroatoms. The Balaban J connectivity index is 1.40. The summed E-state index contributed by atoms with van der Waals surface area (Å²) in [6.45, 7) is 1.84. The number of carbonyl (C=O) groups excluding carboxylic acids is 1. The molecule has 6 nitrogen and oxygen atoms in total. The number of amides is 1. The number of aryl methyl sites for hydroxylation is 2. The lowest BCUT2D eigenvalue weighted by Gasteiger charge is -2.33. The van der Waals surface area contributed by atoms with E-state index in [2.05, 4.69) is 28.4 Å². The molecule has 2 aromatic heterocycles. The highest BCUT2D eigenvalue weighted by Crippen LogP contribution is 2.34. The maximum atomic E-state index is 12.7. The van der Waals surface area contributed by atoms with Gasteiger partial charge in [-0.3, -0.25) is 4.79 Å². The second-order valence-electron chi connectivity index (χ2n) is 6.66. The van der Waals surface area contributed by atoms with Crippen molar-refractivity contribution in [2.45, 2.75) is 37.5 Å². The molecule has 1 aliphatic carbocycles. The Labute approximate surface area is 162 Å². The van der Waals surface area contributed by atoms with E-state index in [0.717, 1.165) is 30.6 Å².